The zero-order valence-electron chi connectivity index (χ0n) is 18.0. The minimum atomic E-state index is -4.88. The van der Waals surface area contributed by atoms with Gasteiger partial charge in [0.15, 0.2) is 6.10 Å². The van der Waals surface area contributed by atoms with Crippen LogP contribution in [0.25, 0.3) is 0 Å². The van der Waals surface area contributed by atoms with Gasteiger partial charge in [-0.3, -0.25) is 5.32 Å². The Morgan fingerprint density at radius 2 is 1.82 bits per heavy atom. The highest BCUT2D eigenvalue weighted by Crippen LogP contribution is 2.32. The van der Waals surface area contributed by atoms with Crippen molar-refractivity contribution in [2.75, 3.05) is 12.4 Å². The summed E-state index contributed by atoms with van der Waals surface area (Å²) in [6.07, 6.45) is -7.39. The Labute approximate surface area is 187 Å². The van der Waals surface area contributed by atoms with Crippen LogP contribution in [0.2, 0.25) is 0 Å². The number of carboxylic acids is 1. The van der Waals surface area contributed by atoms with Crippen LogP contribution < -0.4 is 10.1 Å². The minimum Gasteiger partial charge on any atom is -0.496 e. The van der Waals surface area contributed by atoms with Crippen molar-refractivity contribution in [2.24, 2.45) is 0 Å². The lowest BCUT2D eigenvalue weighted by atomic mass is 10.1. The lowest BCUT2D eigenvalue weighted by Crippen LogP contribution is -2.29. The number of rotatable bonds is 9. The summed E-state index contributed by atoms with van der Waals surface area (Å²) in [4.78, 5) is 23.6. The maximum Gasteiger partial charge on any atom is 0.419 e. The van der Waals surface area contributed by atoms with Crippen LogP contribution in [0.4, 0.5) is 28.0 Å². The topological polar surface area (TPSA) is 94.1 Å². The van der Waals surface area contributed by atoms with E-state index >= 15 is 0 Å². The van der Waals surface area contributed by atoms with E-state index in [4.69, 9.17) is 14.2 Å². The van der Waals surface area contributed by atoms with E-state index in [0.717, 1.165) is 6.07 Å². The average molecular weight is 473 g/mol. The maximum absolute atomic E-state index is 13.4. The summed E-state index contributed by atoms with van der Waals surface area (Å²) in [5.74, 6) is -2.22. The lowest BCUT2D eigenvalue weighted by Gasteiger charge is -2.18. The van der Waals surface area contributed by atoms with E-state index in [1.807, 2.05) is 0 Å². The number of anilines is 1. The molecule has 33 heavy (non-hydrogen) atoms. The molecule has 180 valence electrons. The van der Waals surface area contributed by atoms with E-state index in [0.29, 0.717) is 23.4 Å². The van der Waals surface area contributed by atoms with Gasteiger partial charge in [0.25, 0.3) is 0 Å². The van der Waals surface area contributed by atoms with E-state index in [9.17, 15) is 32.3 Å². The summed E-state index contributed by atoms with van der Waals surface area (Å²) in [6.45, 7) is 2.86. The molecule has 1 unspecified atom stereocenters. The second-order valence-corrected chi connectivity index (χ2v) is 7.26. The Morgan fingerprint density at radius 1 is 1.12 bits per heavy atom. The monoisotopic (exact) mass is 473 g/mol. The van der Waals surface area contributed by atoms with Crippen molar-refractivity contribution >= 4 is 17.7 Å². The van der Waals surface area contributed by atoms with Crippen molar-refractivity contribution in [3.05, 3.63) is 58.9 Å². The number of nitrogens with one attached hydrogen (secondary N) is 1. The van der Waals surface area contributed by atoms with Gasteiger partial charge in [-0.25, -0.2) is 14.0 Å². The van der Waals surface area contributed by atoms with Crippen molar-refractivity contribution in [3.63, 3.8) is 0 Å². The van der Waals surface area contributed by atoms with Gasteiger partial charge < -0.3 is 19.3 Å². The van der Waals surface area contributed by atoms with Crippen LogP contribution in [0.15, 0.2) is 36.4 Å². The van der Waals surface area contributed by atoms with Crippen LogP contribution in [0.5, 0.6) is 5.75 Å². The number of carbonyl (C=O) groups excluding carboxylic acids is 1. The molecule has 0 aliphatic rings. The molecular weight excluding hydrogens is 450 g/mol. The molecule has 0 saturated carbocycles. The number of hydrogen-bond donors (Lipinski definition) is 2. The first-order valence-electron chi connectivity index (χ1n) is 9.75. The summed E-state index contributed by atoms with van der Waals surface area (Å²) in [6, 6.07) is 6.74. The van der Waals surface area contributed by atoms with E-state index in [1.165, 1.54) is 25.3 Å². The number of amides is 1. The van der Waals surface area contributed by atoms with Gasteiger partial charge in [-0.15, -0.1) is 0 Å². The zero-order chi connectivity index (χ0) is 24.8. The van der Waals surface area contributed by atoms with Gasteiger partial charge in [0.05, 0.1) is 18.8 Å². The number of hydrogen-bond acceptors (Lipinski definition) is 5. The van der Waals surface area contributed by atoms with E-state index < -0.39 is 42.3 Å². The van der Waals surface area contributed by atoms with Gasteiger partial charge in [0.2, 0.25) is 0 Å². The van der Waals surface area contributed by atoms with Gasteiger partial charge in [-0.2, -0.15) is 13.2 Å². The van der Waals surface area contributed by atoms with Crippen molar-refractivity contribution in [3.8, 4) is 5.75 Å². The molecule has 0 aliphatic heterocycles. The Morgan fingerprint density at radius 3 is 2.39 bits per heavy atom. The molecule has 0 fully saturated rings. The van der Waals surface area contributed by atoms with Gasteiger partial charge in [-0.05, 0) is 55.3 Å². The number of halogens is 4. The summed E-state index contributed by atoms with van der Waals surface area (Å²) >= 11 is 0. The molecule has 11 heteroatoms. The van der Waals surface area contributed by atoms with Crippen LogP contribution in [0, 0.1) is 5.82 Å². The summed E-state index contributed by atoms with van der Waals surface area (Å²) in [7, 11) is 1.40. The van der Waals surface area contributed by atoms with Gasteiger partial charge in [0.1, 0.15) is 18.2 Å². The Balaban J connectivity index is 2.09. The summed E-state index contributed by atoms with van der Waals surface area (Å²) in [5.41, 5.74) is -0.832. The molecule has 0 radical (unpaired) electrons. The van der Waals surface area contributed by atoms with Crippen molar-refractivity contribution in [1.82, 2.24) is 0 Å². The largest absolute Gasteiger partial charge is 0.496 e. The SMILES string of the molecule is COc1ccc(NC(=O)OCc2ccc(F)c(C(F)(F)F)c2)cc1CC(OC(C)C)C(=O)O. The maximum atomic E-state index is 13.4. The summed E-state index contributed by atoms with van der Waals surface area (Å²) < 4.78 is 67.3. The Bertz CT molecular complexity index is 993. The molecule has 0 bridgehead atoms. The van der Waals surface area contributed by atoms with Gasteiger partial charge >= 0.3 is 18.2 Å². The third-order valence-electron chi connectivity index (χ3n) is 4.35. The third-order valence-corrected chi connectivity index (χ3v) is 4.35. The number of methoxy groups -OCH3 is 1. The number of carbonyl (C=O) groups is 2. The Hall–Kier alpha value is -3.34. The van der Waals surface area contributed by atoms with Crippen molar-refractivity contribution in [1.29, 1.82) is 0 Å². The first-order valence-corrected chi connectivity index (χ1v) is 9.75. The standard InChI is InChI=1S/C22H23F4NO6/c1-12(2)33-19(20(28)29)10-14-9-15(5-7-18(14)31-3)27-21(30)32-11-13-4-6-17(23)16(8-13)22(24,25)26/h4-9,12,19H,10-11H2,1-3H3,(H,27,30)(H,28,29). The normalized spacial score (nSPS) is 12.4. The lowest BCUT2D eigenvalue weighted by molar-refractivity contribution is -0.153. The van der Waals surface area contributed by atoms with Crippen LogP contribution >= 0.6 is 0 Å². The van der Waals surface area contributed by atoms with Gasteiger partial charge in [0, 0.05) is 12.1 Å². The molecular formula is C22H23F4NO6. The number of alkyl halides is 3. The molecule has 0 heterocycles. The first kappa shape index (κ1) is 25.9. The number of aliphatic carboxylic acids is 1. The zero-order valence-corrected chi connectivity index (χ0v) is 18.0. The second kappa shape index (κ2) is 11.0. The number of carboxylic acid groups (broad SMARTS) is 1. The van der Waals surface area contributed by atoms with E-state index in [1.54, 1.807) is 13.8 Å². The molecule has 7 nitrogen and oxygen atoms in total. The quantitative estimate of drug-likeness (QED) is 0.497. The minimum absolute atomic E-state index is 0.0446. The van der Waals surface area contributed by atoms with Crippen LogP contribution in [0.3, 0.4) is 0 Å². The van der Waals surface area contributed by atoms with Crippen LogP contribution in [0.1, 0.15) is 30.5 Å². The fourth-order valence-corrected chi connectivity index (χ4v) is 2.92. The second-order valence-electron chi connectivity index (χ2n) is 7.26. The summed E-state index contributed by atoms with van der Waals surface area (Å²) in [5, 5.41) is 11.8. The molecule has 0 spiro atoms. The fraction of sp³-hybridized carbons (Fsp3) is 0.364. The highest BCUT2D eigenvalue weighted by Gasteiger charge is 2.34. The molecule has 1 atom stereocenters. The first-order chi connectivity index (χ1) is 15.4. The van der Waals surface area contributed by atoms with Crippen LogP contribution in [-0.4, -0.2) is 36.5 Å². The number of ether oxygens (including phenoxy) is 3. The van der Waals surface area contributed by atoms with E-state index in [-0.39, 0.29) is 23.8 Å². The van der Waals surface area contributed by atoms with E-state index in [2.05, 4.69) is 5.32 Å². The van der Waals surface area contributed by atoms with Crippen LogP contribution in [-0.2, 0) is 33.5 Å². The molecule has 2 N–H and O–H groups in total. The molecule has 0 aliphatic carbocycles. The molecule has 1 amide bonds. The fourth-order valence-electron chi connectivity index (χ4n) is 2.92. The van der Waals surface area contributed by atoms with Gasteiger partial charge in [-0.1, -0.05) is 6.07 Å². The average Bonchev–Trinajstić information content (AvgIpc) is 2.71. The smallest absolute Gasteiger partial charge is 0.419 e. The highest BCUT2D eigenvalue weighted by atomic mass is 19.4. The third kappa shape index (κ3) is 7.63. The van der Waals surface area contributed by atoms with Crippen molar-refractivity contribution < 1.29 is 46.5 Å². The number of benzene rings is 2. The predicted octanol–water partition coefficient (Wildman–Crippen LogP) is 5.02. The Kier molecular flexibility index (Phi) is 8.63. The predicted molar refractivity (Wildman–Crippen MR) is 110 cm³/mol. The molecule has 0 aromatic heterocycles. The molecule has 2 aromatic carbocycles. The molecule has 2 aromatic rings. The molecule has 0 saturated heterocycles. The van der Waals surface area contributed by atoms with Crippen molar-refractivity contribution in [2.45, 2.75) is 45.3 Å². The highest BCUT2D eigenvalue weighted by molar-refractivity contribution is 5.85. The molecule has 2 rings (SSSR count).